The molecule has 2 rings (SSSR count). The standard InChI is InChI=1S/C14H17ClF3N3O/c1-2-20-5-7-21(8-6-20)12-4-3-10(9-11(12)15)19-13(22)14(16,17)18/h3-4,9H,2,5-8H2,1H3,(H,19,22). The lowest BCUT2D eigenvalue weighted by Gasteiger charge is -2.36. The minimum atomic E-state index is -4.92. The summed E-state index contributed by atoms with van der Waals surface area (Å²) in [4.78, 5) is 15.3. The Morgan fingerprint density at radius 3 is 2.41 bits per heavy atom. The van der Waals surface area contributed by atoms with Crippen LogP contribution in [-0.4, -0.2) is 49.7 Å². The van der Waals surface area contributed by atoms with Gasteiger partial charge in [0.1, 0.15) is 0 Å². The maximum atomic E-state index is 12.2. The first-order valence-electron chi connectivity index (χ1n) is 6.96. The maximum absolute atomic E-state index is 12.2. The van der Waals surface area contributed by atoms with Crippen LogP contribution in [0.3, 0.4) is 0 Å². The van der Waals surface area contributed by atoms with Gasteiger partial charge in [0.2, 0.25) is 0 Å². The molecule has 1 fully saturated rings. The van der Waals surface area contributed by atoms with E-state index in [0.717, 1.165) is 38.4 Å². The van der Waals surface area contributed by atoms with Crippen LogP contribution in [0.5, 0.6) is 0 Å². The first kappa shape index (κ1) is 16.9. The Morgan fingerprint density at radius 1 is 1.27 bits per heavy atom. The topological polar surface area (TPSA) is 35.6 Å². The fraction of sp³-hybridized carbons (Fsp3) is 0.500. The minimum absolute atomic E-state index is 0.0308. The van der Waals surface area contributed by atoms with Crippen molar-refractivity contribution in [1.29, 1.82) is 0 Å². The number of halogens is 4. The molecule has 0 atom stereocenters. The summed E-state index contributed by atoms with van der Waals surface area (Å²) in [5.41, 5.74) is 0.797. The number of carbonyl (C=O) groups is 1. The highest BCUT2D eigenvalue weighted by molar-refractivity contribution is 6.33. The molecule has 0 unspecified atom stereocenters. The molecule has 0 saturated carbocycles. The van der Waals surface area contributed by atoms with Crippen LogP contribution in [0.1, 0.15) is 6.92 Å². The number of alkyl halides is 3. The number of likely N-dealkylation sites (N-methyl/N-ethyl adjacent to an activating group) is 1. The zero-order valence-corrected chi connectivity index (χ0v) is 12.8. The fourth-order valence-corrected chi connectivity index (χ4v) is 2.65. The summed E-state index contributed by atoms with van der Waals surface area (Å²) in [5.74, 6) is -2.01. The fourth-order valence-electron chi connectivity index (χ4n) is 2.35. The molecule has 1 N–H and O–H groups in total. The summed E-state index contributed by atoms with van der Waals surface area (Å²) in [6.07, 6.45) is -4.92. The largest absolute Gasteiger partial charge is 0.471 e. The Hall–Kier alpha value is -1.47. The number of nitrogens with zero attached hydrogens (tertiary/aromatic N) is 2. The summed E-state index contributed by atoms with van der Waals surface area (Å²) in [7, 11) is 0. The van der Waals surface area contributed by atoms with Crippen LogP contribution in [0.25, 0.3) is 0 Å². The van der Waals surface area contributed by atoms with Crippen LogP contribution < -0.4 is 10.2 Å². The second-order valence-corrected chi connectivity index (χ2v) is 5.45. The molecule has 0 aliphatic carbocycles. The maximum Gasteiger partial charge on any atom is 0.471 e. The second kappa shape index (κ2) is 6.75. The third-order valence-electron chi connectivity index (χ3n) is 3.62. The number of carbonyl (C=O) groups excluding carboxylic acids is 1. The number of nitrogens with one attached hydrogen (secondary N) is 1. The third-order valence-corrected chi connectivity index (χ3v) is 3.93. The van der Waals surface area contributed by atoms with E-state index < -0.39 is 12.1 Å². The molecule has 1 aliphatic rings. The van der Waals surface area contributed by atoms with Crippen LogP contribution in [0.2, 0.25) is 5.02 Å². The van der Waals surface area contributed by atoms with Crippen molar-refractivity contribution in [3.05, 3.63) is 23.2 Å². The van der Waals surface area contributed by atoms with Crippen molar-refractivity contribution in [3.8, 4) is 0 Å². The first-order chi connectivity index (χ1) is 10.3. The predicted octanol–water partition coefficient (Wildman–Crippen LogP) is 2.98. The van der Waals surface area contributed by atoms with E-state index in [0.29, 0.717) is 5.02 Å². The van der Waals surface area contributed by atoms with Crippen LogP contribution in [0.15, 0.2) is 18.2 Å². The number of benzene rings is 1. The van der Waals surface area contributed by atoms with Gasteiger partial charge < -0.3 is 15.1 Å². The Balaban J connectivity index is 2.06. The predicted molar refractivity (Wildman–Crippen MR) is 80.5 cm³/mol. The van der Waals surface area contributed by atoms with E-state index in [1.165, 1.54) is 12.1 Å². The molecule has 22 heavy (non-hydrogen) atoms. The zero-order valence-electron chi connectivity index (χ0n) is 12.1. The van der Waals surface area contributed by atoms with Crippen LogP contribution >= 0.6 is 11.6 Å². The van der Waals surface area contributed by atoms with Crippen molar-refractivity contribution < 1.29 is 18.0 Å². The number of hydrogen-bond donors (Lipinski definition) is 1. The number of hydrogen-bond acceptors (Lipinski definition) is 3. The van der Waals surface area contributed by atoms with Gasteiger partial charge >= 0.3 is 12.1 Å². The van der Waals surface area contributed by atoms with Gasteiger partial charge in [-0.25, -0.2) is 0 Å². The average molecular weight is 336 g/mol. The molecule has 8 heteroatoms. The van der Waals surface area contributed by atoms with Crippen LogP contribution in [0, 0.1) is 0 Å². The summed E-state index contributed by atoms with van der Waals surface area (Å²) in [5, 5.41) is 2.12. The molecule has 122 valence electrons. The molecular formula is C14H17ClF3N3O. The number of rotatable bonds is 3. The molecule has 1 aromatic rings. The van der Waals surface area contributed by atoms with Crippen molar-refractivity contribution in [2.24, 2.45) is 0 Å². The summed E-state index contributed by atoms with van der Waals surface area (Å²) >= 11 is 6.14. The lowest BCUT2D eigenvalue weighted by molar-refractivity contribution is -0.167. The minimum Gasteiger partial charge on any atom is -0.368 e. The lowest BCUT2D eigenvalue weighted by atomic mass is 10.2. The Kier molecular flexibility index (Phi) is 5.18. The van der Waals surface area contributed by atoms with Gasteiger partial charge in [0.25, 0.3) is 0 Å². The number of anilines is 2. The molecule has 1 heterocycles. The highest BCUT2D eigenvalue weighted by Crippen LogP contribution is 2.30. The van der Waals surface area contributed by atoms with Gasteiger partial charge in [-0.3, -0.25) is 4.79 Å². The zero-order chi connectivity index (χ0) is 16.3. The van der Waals surface area contributed by atoms with E-state index in [1.54, 1.807) is 11.4 Å². The molecule has 4 nitrogen and oxygen atoms in total. The van der Waals surface area contributed by atoms with Crippen molar-refractivity contribution in [2.45, 2.75) is 13.1 Å². The van der Waals surface area contributed by atoms with E-state index in [9.17, 15) is 18.0 Å². The summed E-state index contributed by atoms with van der Waals surface area (Å²) in [6, 6.07) is 4.40. The number of amides is 1. The van der Waals surface area contributed by atoms with E-state index >= 15 is 0 Å². The van der Waals surface area contributed by atoms with Gasteiger partial charge in [-0.1, -0.05) is 18.5 Å². The van der Waals surface area contributed by atoms with Crippen molar-refractivity contribution >= 4 is 28.9 Å². The van der Waals surface area contributed by atoms with Crippen LogP contribution in [0.4, 0.5) is 24.5 Å². The van der Waals surface area contributed by atoms with E-state index in [4.69, 9.17) is 11.6 Å². The molecule has 1 amide bonds. The molecule has 0 spiro atoms. The van der Waals surface area contributed by atoms with Crippen LogP contribution in [-0.2, 0) is 4.79 Å². The Labute approximate surface area is 131 Å². The average Bonchev–Trinajstić information content (AvgIpc) is 2.46. The van der Waals surface area contributed by atoms with Gasteiger partial charge in [0.15, 0.2) is 0 Å². The first-order valence-corrected chi connectivity index (χ1v) is 7.34. The molecule has 1 aliphatic heterocycles. The summed E-state index contributed by atoms with van der Waals surface area (Å²) in [6.45, 7) is 6.53. The normalized spacial score (nSPS) is 16.7. The lowest BCUT2D eigenvalue weighted by Crippen LogP contribution is -2.46. The van der Waals surface area contributed by atoms with Gasteiger partial charge in [-0.05, 0) is 24.7 Å². The molecule has 0 bridgehead atoms. The smallest absolute Gasteiger partial charge is 0.368 e. The Morgan fingerprint density at radius 2 is 1.91 bits per heavy atom. The van der Waals surface area contributed by atoms with Gasteiger partial charge in [0.05, 0.1) is 10.7 Å². The quantitative estimate of drug-likeness (QED) is 0.922. The summed E-state index contributed by atoms with van der Waals surface area (Å²) < 4.78 is 36.7. The van der Waals surface area contributed by atoms with Gasteiger partial charge in [-0.15, -0.1) is 0 Å². The second-order valence-electron chi connectivity index (χ2n) is 5.04. The monoisotopic (exact) mass is 335 g/mol. The van der Waals surface area contributed by atoms with Gasteiger partial charge in [0, 0.05) is 31.9 Å². The molecule has 1 saturated heterocycles. The highest BCUT2D eigenvalue weighted by atomic mass is 35.5. The SMILES string of the molecule is CCN1CCN(c2ccc(NC(=O)C(F)(F)F)cc2Cl)CC1. The van der Waals surface area contributed by atoms with E-state index in [2.05, 4.69) is 16.7 Å². The van der Waals surface area contributed by atoms with E-state index in [-0.39, 0.29) is 5.69 Å². The third kappa shape index (κ3) is 4.04. The van der Waals surface area contributed by atoms with E-state index in [1.807, 2.05) is 0 Å². The number of piperazine rings is 1. The molecule has 0 radical (unpaired) electrons. The molecule has 0 aromatic heterocycles. The van der Waals surface area contributed by atoms with Crippen molar-refractivity contribution in [3.63, 3.8) is 0 Å². The Bertz CT molecular complexity index is 543. The molecule has 1 aromatic carbocycles. The van der Waals surface area contributed by atoms with Gasteiger partial charge in [-0.2, -0.15) is 13.2 Å². The molecular weight excluding hydrogens is 319 g/mol. The highest BCUT2D eigenvalue weighted by Gasteiger charge is 2.38. The van der Waals surface area contributed by atoms with Crippen molar-refractivity contribution in [1.82, 2.24) is 4.90 Å². The van der Waals surface area contributed by atoms with Crippen molar-refractivity contribution in [2.75, 3.05) is 42.9 Å².